The third-order valence-electron chi connectivity index (χ3n) is 7.06. The predicted molar refractivity (Wildman–Crippen MR) is 130 cm³/mol. The van der Waals surface area contributed by atoms with Crippen molar-refractivity contribution in [3.63, 3.8) is 0 Å². The lowest BCUT2D eigenvalue weighted by atomic mass is 9.89. The Kier molecular flexibility index (Phi) is 6.53. The second-order valence-corrected chi connectivity index (χ2v) is 9.26. The maximum atomic E-state index is 11.7. The Balaban J connectivity index is 1.28. The molecule has 0 saturated heterocycles. The fourth-order valence-electron chi connectivity index (χ4n) is 5.35. The number of nitriles is 1. The number of nitrogens with one attached hydrogen (secondary N) is 1. The van der Waals surface area contributed by atoms with E-state index in [2.05, 4.69) is 11.4 Å². The van der Waals surface area contributed by atoms with Crippen LogP contribution >= 0.6 is 0 Å². The average Bonchev–Trinajstić information content (AvgIpc) is 3.26. The molecule has 36 heavy (non-hydrogen) atoms. The Morgan fingerprint density at radius 1 is 1.14 bits per heavy atom. The molecule has 1 fully saturated rings. The Morgan fingerprint density at radius 2 is 1.94 bits per heavy atom. The molecule has 9 heteroatoms. The van der Waals surface area contributed by atoms with Crippen LogP contribution in [0.3, 0.4) is 0 Å². The van der Waals surface area contributed by atoms with Crippen molar-refractivity contribution in [2.75, 3.05) is 13.7 Å². The summed E-state index contributed by atoms with van der Waals surface area (Å²) in [6, 6.07) is 13.8. The van der Waals surface area contributed by atoms with Crippen LogP contribution in [0.5, 0.6) is 17.2 Å². The first-order valence-corrected chi connectivity index (χ1v) is 12.0. The third-order valence-corrected chi connectivity index (χ3v) is 7.06. The number of carbonyl (C=O) groups excluding carboxylic acids is 1. The number of aromatic nitrogens is 1. The van der Waals surface area contributed by atoms with E-state index in [0.717, 1.165) is 54.7 Å². The minimum Gasteiger partial charge on any atom is -0.496 e. The van der Waals surface area contributed by atoms with Gasteiger partial charge in [0.05, 0.1) is 24.3 Å². The van der Waals surface area contributed by atoms with E-state index < -0.39 is 11.9 Å². The van der Waals surface area contributed by atoms with E-state index in [1.807, 2.05) is 28.8 Å². The molecule has 0 bridgehead atoms. The number of nitrogens with zero attached hydrogens (tertiary/aromatic N) is 2. The van der Waals surface area contributed by atoms with E-state index in [9.17, 15) is 14.9 Å². The molecule has 0 radical (unpaired) electrons. The number of hydrogen-bond donors (Lipinski definition) is 2. The lowest BCUT2D eigenvalue weighted by Crippen LogP contribution is -2.46. The van der Waals surface area contributed by atoms with Crippen LogP contribution in [0.25, 0.3) is 10.9 Å². The first-order valence-electron chi connectivity index (χ1n) is 12.0. The maximum absolute atomic E-state index is 11.7. The highest BCUT2D eigenvalue weighted by atomic mass is 16.6. The molecule has 0 spiro atoms. The van der Waals surface area contributed by atoms with E-state index >= 15 is 0 Å². The minimum absolute atomic E-state index is 0.154. The summed E-state index contributed by atoms with van der Waals surface area (Å²) in [7, 11) is 1.67. The Bertz CT molecular complexity index is 1340. The molecule has 2 aliphatic rings. The monoisotopic (exact) mass is 489 g/mol. The van der Waals surface area contributed by atoms with E-state index in [4.69, 9.17) is 19.3 Å². The van der Waals surface area contributed by atoms with Crippen LogP contribution in [0.15, 0.2) is 42.6 Å². The molecule has 1 aromatic heterocycles. The summed E-state index contributed by atoms with van der Waals surface area (Å²) < 4.78 is 18.7. The van der Waals surface area contributed by atoms with Gasteiger partial charge in [-0.05, 0) is 62.4 Å². The van der Waals surface area contributed by atoms with Crippen molar-refractivity contribution in [2.45, 2.75) is 50.2 Å². The van der Waals surface area contributed by atoms with Crippen molar-refractivity contribution in [3.05, 3.63) is 53.7 Å². The minimum atomic E-state index is -1.66. The zero-order valence-corrected chi connectivity index (χ0v) is 19.9. The van der Waals surface area contributed by atoms with Crippen molar-refractivity contribution >= 4 is 22.8 Å². The largest absolute Gasteiger partial charge is 0.496 e. The topological polar surface area (TPSA) is 123 Å². The van der Waals surface area contributed by atoms with Crippen LogP contribution in [0, 0.1) is 11.3 Å². The molecule has 1 atom stereocenters. The maximum Gasteiger partial charge on any atom is 0.422 e. The Morgan fingerprint density at radius 3 is 2.67 bits per heavy atom. The summed E-state index contributed by atoms with van der Waals surface area (Å²) in [4.78, 5) is 22.7. The van der Waals surface area contributed by atoms with E-state index in [1.165, 1.54) is 0 Å². The molecule has 186 valence electrons. The quantitative estimate of drug-likeness (QED) is 0.412. The van der Waals surface area contributed by atoms with Gasteiger partial charge in [0.15, 0.2) is 5.75 Å². The number of methoxy groups -OCH3 is 1. The van der Waals surface area contributed by atoms with Crippen LogP contribution in [0.1, 0.15) is 42.9 Å². The molecule has 1 unspecified atom stereocenters. The van der Waals surface area contributed by atoms with Crippen LogP contribution in [-0.2, 0) is 16.0 Å². The lowest BCUT2D eigenvalue weighted by molar-refractivity contribution is -0.157. The van der Waals surface area contributed by atoms with Gasteiger partial charge in [-0.1, -0.05) is 6.07 Å². The standard InChI is InChI=1S/C27H27N3O6/c1-34-23-3-2-4-24-21(23)12-18(15-35-24)29-17-6-8-19(9-7-17)30-14-25(36-27(33)26(31)32)20-11-16(13-28)5-10-22(20)30/h2-5,10-11,14,17-19,29H,6-9,12,15H2,1H3,(H,31,32). The summed E-state index contributed by atoms with van der Waals surface area (Å²) in [5, 5.41) is 22.6. The molecule has 0 amide bonds. The van der Waals surface area contributed by atoms with Gasteiger partial charge in [0, 0.05) is 35.3 Å². The van der Waals surface area contributed by atoms with Crippen molar-refractivity contribution in [2.24, 2.45) is 0 Å². The molecule has 2 N–H and O–H groups in total. The fraction of sp³-hybridized carbons (Fsp3) is 0.370. The molecular weight excluding hydrogens is 462 g/mol. The van der Waals surface area contributed by atoms with Crippen molar-refractivity contribution in [3.8, 4) is 23.3 Å². The van der Waals surface area contributed by atoms with Crippen LogP contribution in [0.4, 0.5) is 0 Å². The number of benzene rings is 2. The van der Waals surface area contributed by atoms with Gasteiger partial charge >= 0.3 is 11.9 Å². The summed E-state index contributed by atoms with van der Waals surface area (Å²) in [5.41, 5.74) is 2.31. The number of aliphatic carboxylic acids is 1. The molecule has 5 rings (SSSR count). The summed E-state index contributed by atoms with van der Waals surface area (Å²) in [6.45, 7) is 0.613. The number of esters is 1. The number of hydrogen-bond acceptors (Lipinski definition) is 7. The normalized spacial score (nSPS) is 21.2. The van der Waals surface area contributed by atoms with Gasteiger partial charge in [-0.2, -0.15) is 5.26 Å². The average molecular weight is 490 g/mol. The highest BCUT2D eigenvalue weighted by molar-refractivity contribution is 6.29. The first kappa shape index (κ1) is 23.7. The first-order chi connectivity index (χ1) is 17.5. The van der Waals surface area contributed by atoms with Gasteiger partial charge in [-0.25, -0.2) is 9.59 Å². The van der Waals surface area contributed by atoms with Gasteiger partial charge < -0.3 is 29.2 Å². The molecular formula is C27H27N3O6. The highest BCUT2D eigenvalue weighted by Crippen LogP contribution is 2.38. The lowest BCUT2D eigenvalue weighted by Gasteiger charge is -2.35. The van der Waals surface area contributed by atoms with Crippen molar-refractivity contribution < 1.29 is 28.9 Å². The summed E-state index contributed by atoms with van der Waals surface area (Å²) in [6.07, 6.45) is 6.26. The molecule has 1 aliphatic heterocycles. The fourth-order valence-corrected chi connectivity index (χ4v) is 5.35. The van der Waals surface area contributed by atoms with E-state index in [1.54, 1.807) is 25.4 Å². The Hall–Kier alpha value is -4.03. The van der Waals surface area contributed by atoms with E-state index in [0.29, 0.717) is 23.6 Å². The molecule has 1 aliphatic carbocycles. The third kappa shape index (κ3) is 4.60. The zero-order valence-electron chi connectivity index (χ0n) is 19.9. The summed E-state index contributed by atoms with van der Waals surface area (Å²) >= 11 is 0. The molecule has 2 heterocycles. The SMILES string of the molecule is COc1cccc2c1CC(NC1CCC(n3cc(OC(=O)C(=O)O)c4cc(C#N)ccc43)CC1)CO2. The predicted octanol–water partition coefficient (Wildman–Crippen LogP) is 3.59. The molecule has 2 aromatic carbocycles. The Labute approximate surface area is 208 Å². The highest BCUT2D eigenvalue weighted by Gasteiger charge is 2.29. The van der Waals surface area contributed by atoms with Crippen molar-refractivity contribution in [1.82, 2.24) is 9.88 Å². The second-order valence-electron chi connectivity index (χ2n) is 9.26. The van der Waals surface area contributed by atoms with Gasteiger partial charge in [0.25, 0.3) is 0 Å². The van der Waals surface area contributed by atoms with Crippen molar-refractivity contribution in [1.29, 1.82) is 5.26 Å². The number of fused-ring (bicyclic) bond motifs is 2. The van der Waals surface area contributed by atoms with Gasteiger partial charge in [-0.15, -0.1) is 0 Å². The number of rotatable bonds is 5. The number of ether oxygens (including phenoxy) is 3. The van der Waals surface area contributed by atoms with Crippen LogP contribution < -0.4 is 19.5 Å². The smallest absolute Gasteiger partial charge is 0.422 e. The molecule has 9 nitrogen and oxygen atoms in total. The van der Waals surface area contributed by atoms with Gasteiger partial charge in [0.2, 0.25) is 0 Å². The van der Waals surface area contributed by atoms with E-state index in [-0.39, 0.29) is 17.8 Å². The van der Waals surface area contributed by atoms with Gasteiger partial charge in [-0.3, -0.25) is 0 Å². The van der Waals surface area contributed by atoms with Gasteiger partial charge in [0.1, 0.15) is 18.1 Å². The number of carboxylic acids is 1. The molecule has 1 saturated carbocycles. The number of carbonyl (C=O) groups is 2. The summed E-state index contributed by atoms with van der Waals surface area (Å²) in [5.74, 6) is -1.12. The zero-order chi connectivity index (χ0) is 25.2. The second kappa shape index (κ2) is 9.91. The number of carboxylic acid groups (broad SMARTS) is 1. The van der Waals surface area contributed by atoms with Crippen LogP contribution in [0.2, 0.25) is 0 Å². The molecule has 3 aromatic rings. The van der Waals surface area contributed by atoms with Crippen LogP contribution in [-0.4, -0.2) is 47.4 Å².